The molecular formula is C26H30IN4O3P. The first kappa shape index (κ1) is 32.3. The first-order valence-corrected chi connectivity index (χ1v) is 13.3. The van der Waals surface area contributed by atoms with E-state index in [0.29, 0.717) is 12.0 Å². The van der Waals surface area contributed by atoms with Crippen LogP contribution in [0.5, 0.6) is 0 Å². The van der Waals surface area contributed by atoms with E-state index >= 15 is 0 Å². The molecule has 0 bridgehead atoms. The van der Waals surface area contributed by atoms with E-state index in [1.807, 2.05) is 43.1 Å². The van der Waals surface area contributed by atoms with Gasteiger partial charge in [-0.15, -0.1) is 9.24 Å². The molecule has 2 aromatic carbocycles. The van der Waals surface area contributed by atoms with Crippen molar-refractivity contribution >= 4 is 49.3 Å². The first-order valence-electron chi connectivity index (χ1n) is 11.0. The maximum absolute atomic E-state index is 11.6. The van der Waals surface area contributed by atoms with Gasteiger partial charge in [0, 0.05) is 35.2 Å². The van der Waals surface area contributed by atoms with Gasteiger partial charge in [0.25, 0.3) is 0 Å². The molecule has 184 valence electrons. The van der Waals surface area contributed by atoms with Gasteiger partial charge in [-0.3, -0.25) is 9.59 Å². The minimum atomic E-state index is 0.186. The number of hydrogen-bond acceptors (Lipinski definition) is 4. The zero-order valence-corrected chi connectivity index (χ0v) is 23.1. The standard InChI is InChI=1S/C12H12N2O.C7H4IN.C5H9NO.CO.CH5P/c13-9-10-4-6-11(7-5-10)14-8-2-1-3-12(14)15;8-7-3-1-6(5-9)2-4-7;7-5-3-1-2-4-6-5;2*1-2/h4-7H,1-3,8H2;1-4H;1-4H2,(H,6,7);;2H2,1H3. The Morgan fingerprint density at radius 1 is 0.886 bits per heavy atom. The Labute approximate surface area is 223 Å². The third-order valence-corrected chi connectivity index (χ3v) is 5.48. The van der Waals surface area contributed by atoms with Crippen molar-refractivity contribution in [2.75, 3.05) is 24.7 Å². The predicted molar refractivity (Wildman–Crippen MR) is 148 cm³/mol. The van der Waals surface area contributed by atoms with Crippen molar-refractivity contribution in [1.29, 1.82) is 10.5 Å². The number of rotatable bonds is 1. The molecule has 2 aromatic rings. The van der Waals surface area contributed by atoms with E-state index in [4.69, 9.17) is 15.2 Å². The minimum absolute atomic E-state index is 0.186. The molecule has 2 fully saturated rings. The molecule has 7 nitrogen and oxygen atoms in total. The Balaban J connectivity index is 0.000000495. The average Bonchev–Trinajstić information content (AvgIpc) is 2.93. The molecule has 0 aliphatic carbocycles. The zero-order chi connectivity index (χ0) is 26.5. The third kappa shape index (κ3) is 13.7. The molecule has 4 rings (SSSR count). The van der Waals surface area contributed by atoms with Crippen LogP contribution in [-0.2, 0) is 14.2 Å². The van der Waals surface area contributed by atoms with Crippen LogP contribution < -0.4 is 10.2 Å². The number of nitrogens with zero attached hydrogens (tertiary/aromatic N) is 3. The molecule has 2 aliphatic rings. The number of carbonyl (C=O) groups excluding carboxylic acids is 2. The number of piperidine rings is 2. The normalized spacial score (nSPS) is 13.6. The summed E-state index contributed by atoms with van der Waals surface area (Å²) in [5, 5.41) is 19.8. The summed E-state index contributed by atoms with van der Waals surface area (Å²) in [4.78, 5) is 23.8. The van der Waals surface area contributed by atoms with Gasteiger partial charge in [-0.25, -0.2) is 0 Å². The molecule has 1 atom stereocenters. The van der Waals surface area contributed by atoms with Crippen LogP contribution >= 0.6 is 31.8 Å². The number of nitriles is 2. The third-order valence-electron chi connectivity index (χ3n) is 4.76. The van der Waals surface area contributed by atoms with E-state index in [1.54, 1.807) is 17.0 Å². The average molecular weight is 604 g/mol. The van der Waals surface area contributed by atoms with Gasteiger partial charge < -0.3 is 10.2 Å². The molecule has 0 saturated carbocycles. The number of amides is 2. The fraction of sp³-hybridized carbons (Fsp3) is 0.346. The Morgan fingerprint density at radius 2 is 1.40 bits per heavy atom. The zero-order valence-electron chi connectivity index (χ0n) is 19.8. The van der Waals surface area contributed by atoms with Gasteiger partial charge >= 0.3 is 11.3 Å². The Kier molecular flexibility index (Phi) is 19.0. The summed E-state index contributed by atoms with van der Waals surface area (Å²) in [6.45, 7) is 8.10. The van der Waals surface area contributed by atoms with E-state index in [0.717, 1.165) is 60.0 Å². The van der Waals surface area contributed by atoms with Crippen molar-refractivity contribution in [3.05, 3.63) is 69.9 Å². The fourth-order valence-electron chi connectivity index (χ4n) is 3.05. The van der Waals surface area contributed by atoms with Crippen LogP contribution in [0, 0.1) is 32.9 Å². The van der Waals surface area contributed by atoms with Crippen molar-refractivity contribution in [3.63, 3.8) is 0 Å². The summed E-state index contributed by atoms with van der Waals surface area (Å²) in [6.07, 6.45) is 5.66. The van der Waals surface area contributed by atoms with Crippen LogP contribution in [0.3, 0.4) is 0 Å². The molecule has 2 amide bonds. The first-order chi connectivity index (χ1) is 17.0. The molecular weight excluding hydrogens is 574 g/mol. The second-order valence-electron chi connectivity index (χ2n) is 7.09. The van der Waals surface area contributed by atoms with E-state index < -0.39 is 0 Å². The number of hydrogen-bond donors (Lipinski definition) is 1. The molecule has 2 aliphatic heterocycles. The molecule has 0 aromatic heterocycles. The topological polar surface area (TPSA) is 117 Å². The SMILES string of the molecule is CP.N#Cc1ccc(I)cc1.N#Cc1ccc(N2CCCCC2=O)cc1.O=C1CCCCN1.[C-]#[O+]. The van der Waals surface area contributed by atoms with Crippen LogP contribution in [-0.4, -0.2) is 31.6 Å². The van der Waals surface area contributed by atoms with Crippen molar-refractivity contribution in [2.24, 2.45) is 0 Å². The summed E-state index contributed by atoms with van der Waals surface area (Å²) in [5.74, 6) is 0.400. The second-order valence-corrected chi connectivity index (χ2v) is 8.33. The molecule has 2 heterocycles. The molecule has 0 spiro atoms. The van der Waals surface area contributed by atoms with Gasteiger partial charge in [0.2, 0.25) is 11.8 Å². The van der Waals surface area contributed by atoms with Crippen LogP contribution in [0.1, 0.15) is 49.7 Å². The molecule has 1 N–H and O–H groups in total. The summed E-state index contributed by atoms with van der Waals surface area (Å²) in [6, 6.07) is 18.7. The fourth-order valence-corrected chi connectivity index (χ4v) is 3.41. The van der Waals surface area contributed by atoms with E-state index in [9.17, 15) is 9.59 Å². The maximum atomic E-state index is 11.6. The van der Waals surface area contributed by atoms with E-state index in [1.165, 1.54) is 0 Å². The monoisotopic (exact) mass is 604 g/mol. The van der Waals surface area contributed by atoms with Gasteiger partial charge in [0.1, 0.15) is 0 Å². The van der Waals surface area contributed by atoms with Crippen LogP contribution in [0.25, 0.3) is 0 Å². The predicted octanol–water partition coefficient (Wildman–Crippen LogP) is 4.98. The molecule has 2 saturated heterocycles. The number of halogens is 1. The van der Waals surface area contributed by atoms with Gasteiger partial charge in [-0.1, -0.05) is 6.66 Å². The number of benzene rings is 2. The molecule has 9 heteroatoms. The number of carbonyl (C=O) groups is 2. The quantitative estimate of drug-likeness (QED) is 0.214. The molecule has 1 unspecified atom stereocenters. The van der Waals surface area contributed by atoms with Crippen LogP contribution in [0.4, 0.5) is 5.69 Å². The summed E-state index contributed by atoms with van der Waals surface area (Å²) < 4.78 is 8.66. The van der Waals surface area contributed by atoms with Crippen molar-refractivity contribution in [2.45, 2.75) is 38.5 Å². The summed E-state index contributed by atoms with van der Waals surface area (Å²) in [5.41, 5.74) is 2.25. The molecule has 35 heavy (non-hydrogen) atoms. The molecule has 0 radical (unpaired) electrons. The van der Waals surface area contributed by atoms with Gasteiger partial charge in [-0.2, -0.15) is 10.5 Å². The number of nitrogens with one attached hydrogen (secondary N) is 1. The van der Waals surface area contributed by atoms with Crippen LogP contribution in [0.2, 0.25) is 0 Å². The van der Waals surface area contributed by atoms with Crippen molar-refractivity contribution < 1.29 is 14.2 Å². The second kappa shape index (κ2) is 20.6. The van der Waals surface area contributed by atoms with Crippen molar-refractivity contribution in [1.82, 2.24) is 5.32 Å². The summed E-state index contributed by atoms with van der Waals surface area (Å²) >= 11 is 2.20. The van der Waals surface area contributed by atoms with Crippen LogP contribution in [0.15, 0.2) is 48.5 Å². The Hall–Kier alpha value is -2.74. The number of anilines is 1. The Bertz CT molecular complexity index is 988. The van der Waals surface area contributed by atoms with Gasteiger partial charge in [0.05, 0.1) is 23.3 Å². The van der Waals surface area contributed by atoms with Gasteiger partial charge in [0.15, 0.2) is 0 Å². The van der Waals surface area contributed by atoms with E-state index in [-0.39, 0.29) is 11.8 Å². The van der Waals surface area contributed by atoms with Crippen molar-refractivity contribution in [3.8, 4) is 12.1 Å². The van der Waals surface area contributed by atoms with Gasteiger partial charge in [-0.05, 0) is 96.8 Å². The Morgan fingerprint density at radius 3 is 1.80 bits per heavy atom. The summed E-state index contributed by atoms with van der Waals surface area (Å²) in [7, 11) is 2.42. The van der Waals surface area contributed by atoms with E-state index in [2.05, 4.69) is 55.9 Å².